The van der Waals surface area contributed by atoms with E-state index < -0.39 is 21.0 Å². The lowest BCUT2D eigenvalue weighted by atomic mass is 9.95. The van der Waals surface area contributed by atoms with Crippen LogP contribution in [0.25, 0.3) is 0 Å². The van der Waals surface area contributed by atoms with Crippen LogP contribution in [0.2, 0.25) is 0 Å². The van der Waals surface area contributed by atoms with Crippen LogP contribution in [0.5, 0.6) is 0 Å². The number of sulfone groups is 1. The topological polar surface area (TPSA) is 75.3 Å². The second kappa shape index (κ2) is 6.56. The summed E-state index contributed by atoms with van der Waals surface area (Å²) in [6.45, 7) is 5.15. The average molecular weight is 285 g/mol. The maximum atomic E-state index is 11.7. The number of piperidine rings is 1. The van der Waals surface area contributed by atoms with E-state index in [1.54, 1.807) is 0 Å². The molecule has 0 saturated carbocycles. The van der Waals surface area contributed by atoms with Crippen molar-refractivity contribution in [3.05, 3.63) is 0 Å². The van der Waals surface area contributed by atoms with E-state index in [0.29, 0.717) is 12.5 Å². The van der Waals surface area contributed by atoms with Crippen molar-refractivity contribution >= 4 is 28.2 Å². The van der Waals surface area contributed by atoms with E-state index in [1.807, 2.05) is 0 Å². The van der Waals surface area contributed by atoms with Crippen LogP contribution in [0.4, 0.5) is 0 Å². The van der Waals surface area contributed by atoms with Gasteiger partial charge in [0.2, 0.25) is 5.91 Å². The highest BCUT2D eigenvalue weighted by Crippen LogP contribution is 2.11. The van der Waals surface area contributed by atoms with Crippen LogP contribution in [-0.4, -0.2) is 45.0 Å². The van der Waals surface area contributed by atoms with Gasteiger partial charge in [0.15, 0.2) is 9.84 Å². The smallest absolute Gasteiger partial charge is 0.238 e. The molecule has 0 aromatic carbocycles. The number of nitrogens with one attached hydrogen (secondary N) is 2. The SMILES string of the molecule is CC1CCNCC1NC(=O)C(C)S(C)(=O)=O.Cl. The Morgan fingerprint density at radius 1 is 1.47 bits per heavy atom. The van der Waals surface area contributed by atoms with Crippen LogP contribution < -0.4 is 10.6 Å². The zero-order chi connectivity index (χ0) is 12.3. The molecule has 102 valence electrons. The van der Waals surface area contributed by atoms with E-state index in [4.69, 9.17) is 0 Å². The first kappa shape index (κ1) is 16.7. The quantitative estimate of drug-likeness (QED) is 0.762. The lowest BCUT2D eigenvalue weighted by molar-refractivity contribution is -0.121. The van der Waals surface area contributed by atoms with Crippen molar-refractivity contribution in [2.75, 3.05) is 19.3 Å². The fraction of sp³-hybridized carbons (Fsp3) is 0.900. The molecule has 3 atom stereocenters. The summed E-state index contributed by atoms with van der Waals surface area (Å²) in [6.07, 6.45) is 2.08. The standard InChI is InChI=1S/C10H20N2O3S.ClH/c1-7-4-5-11-6-9(7)12-10(13)8(2)16(3,14)15;/h7-9,11H,4-6H2,1-3H3,(H,12,13);1H. The first-order chi connectivity index (χ1) is 7.32. The molecule has 2 N–H and O–H groups in total. The zero-order valence-corrected chi connectivity index (χ0v) is 12.0. The number of hydrogen-bond acceptors (Lipinski definition) is 4. The van der Waals surface area contributed by atoms with E-state index >= 15 is 0 Å². The van der Waals surface area contributed by atoms with Gasteiger partial charge in [-0.1, -0.05) is 6.92 Å². The van der Waals surface area contributed by atoms with Crippen LogP contribution in [0, 0.1) is 5.92 Å². The molecule has 1 fully saturated rings. The molecule has 1 saturated heterocycles. The molecular weight excluding hydrogens is 264 g/mol. The molecule has 1 aliphatic heterocycles. The second-order valence-corrected chi connectivity index (χ2v) is 6.92. The van der Waals surface area contributed by atoms with Crippen molar-refractivity contribution in [2.45, 2.75) is 31.6 Å². The van der Waals surface area contributed by atoms with Crippen molar-refractivity contribution in [3.8, 4) is 0 Å². The maximum absolute atomic E-state index is 11.7. The highest BCUT2D eigenvalue weighted by Gasteiger charge is 2.28. The third-order valence-electron chi connectivity index (χ3n) is 3.17. The van der Waals surface area contributed by atoms with Gasteiger partial charge in [0, 0.05) is 18.8 Å². The molecule has 0 bridgehead atoms. The molecule has 17 heavy (non-hydrogen) atoms. The summed E-state index contributed by atoms with van der Waals surface area (Å²) in [4.78, 5) is 11.7. The van der Waals surface area contributed by atoms with Crippen molar-refractivity contribution in [1.82, 2.24) is 10.6 Å². The second-order valence-electron chi connectivity index (χ2n) is 4.56. The summed E-state index contributed by atoms with van der Waals surface area (Å²) in [7, 11) is -3.30. The van der Waals surface area contributed by atoms with Crippen LogP contribution in [0.15, 0.2) is 0 Å². The Labute approximate surface area is 109 Å². The fourth-order valence-corrected chi connectivity index (χ4v) is 2.13. The molecule has 0 spiro atoms. The molecule has 1 amide bonds. The molecule has 1 aliphatic rings. The molecular formula is C10H21ClN2O3S. The van der Waals surface area contributed by atoms with Crippen LogP contribution in [0.1, 0.15) is 20.3 Å². The van der Waals surface area contributed by atoms with Crippen LogP contribution in [-0.2, 0) is 14.6 Å². The molecule has 5 nitrogen and oxygen atoms in total. The summed E-state index contributed by atoms with van der Waals surface area (Å²) < 4.78 is 22.4. The molecule has 0 radical (unpaired) electrons. The lowest BCUT2D eigenvalue weighted by Gasteiger charge is -2.30. The highest BCUT2D eigenvalue weighted by atomic mass is 35.5. The number of hydrogen-bond donors (Lipinski definition) is 2. The van der Waals surface area contributed by atoms with Crippen molar-refractivity contribution in [3.63, 3.8) is 0 Å². The Bertz CT molecular complexity index is 359. The third-order valence-corrected chi connectivity index (χ3v) is 4.67. The average Bonchev–Trinajstić information content (AvgIpc) is 2.19. The zero-order valence-electron chi connectivity index (χ0n) is 10.4. The number of carbonyl (C=O) groups is 1. The Kier molecular flexibility index (Phi) is 6.43. The molecule has 0 aromatic rings. The minimum atomic E-state index is -3.30. The Hall–Kier alpha value is -0.330. The van der Waals surface area contributed by atoms with Gasteiger partial charge in [0.25, 0.3) is 0 Å². The van der Waals surface area contributed by atoms with E-state index in [9.17, 15) is 13.2 Å². The molecule has 7 heteroatoms. The lowest BCUT2D eigenvalue weighted by Crippen LogP contribution is -2.53. The monoisotopic (exact) mass is 284 g/mol. The van der Waals surface area contributed by atoms with Gasteiger partial charge in [-0.05, 0) is 25.8 Å². The predicted octanol–water partition coefficient (Wildman–Crippen LogP) is -0.0445. The maximum Gasteiger partial charge on any atom is 0.238 e. The summed E-state index contributed by atoms with van der Waals surface area (Å²) >= 11 is 0. The van der Waals surface area contributed by atoms with Crippen LogP contribution >= 0.6 is 12.4 Å². The normalized spacial score (nSPS) is 26.8. The van der Waals surface area contributed by atoms with E-state index in [1.165, 1.54) is 6.92 Å². The van der Waals surface area contributed by atoms with Gasteiger partial charge in [-0.2, -0.15) is 0 Å². The van der Waals surface area contributed by atoms with Gasteiger partial charge in [0.1, 0.15) is 5.25 Å². The molecule has 1 rings (SSSR count). The summed E-state index contributed by atoms with van der Waals surface area (Å²) in [5.74, 6) is -0.0139. The summed E-state index contributed by atoms with van der Waals surface area (Å²) in [6, 6.07) is 0.0328. The fourth-order valence-electron chi connectivity index (χ4n) is 1.68. The Morgan fingerprint density at radius 2 is 2.06 bits per heavy atom. The number of halogens is 1. The number of rotatable bonds is 3. The van der Waals surface area contributed by atoms with Crippen LogP contribution in [0.3, 0.4) is 0 Å². The minimum absolute atomic E-state index is 0. The van der Waals surface area contributed by atoms with E-state index in [0.717, 1.165) is 19.2 Å². The van der Waals surface area contributed by atoms with Gasteiger partial charge in [0.05, 0.1) is 0 Å². The van der Waals surface area contributed by atoms with Gasteiger partial charge < -0.3 is 10.6 Å². The van der Waals surface area contributed by atoms with Gasteiger partial charge in [-0.3, -0.25) is 4.79 Å². The third kappa shape index (κ3) is 4.81. The van der Waals surface area contributed by atoms with Gasteiger partial charge in [-0.25, -0.2) is 8.42 Å². The number of carbonyl (C=O) groups excluding carboxylic acids is 1. The molecule has 3 unspecified atom stereocenters. The summed E-state index contributed by atoms with van der Waals surface area (Å²) in [5, 5.41) is 5.01. The van der Waals surface area contributed by atoms with Crippen molar-refractivity contribution in [1.29, 1.82) is 0 Å². The predicted molar refractivity (Wildman–Crippen MR) is 70.1 cm³/mol. The van der Waals surface area contributed by atoms with Crippen molar-refractivity contribution < 1.29 is 13.2 Å². The Balaban J connectivity index is 0.00000256. The van der Waals surface area contributed by atoms with E-state index in [-0.39, 0.29) is 18.4 Å². The Morgan fingerprint density at radius 3 is 2.53 bits per heavy atom. The molecule has 1 heterocycles. The van der Waals surface area contributed by atoms with Crippen molar-refractivity contribution in [2.24, 2.45) is 5.92 Å². The largest absolute Gasteiger partial charge is 0.351 e. The first-order valence-electron chi connectivity index (χ1n) is 5.52. The molecule has 0 aromatic heterocycles. The number of amides is 1. The molecule has 0 aliphatic carbocycles. The minimum Gasteiger partial charge on any atom is -0.351 e. The van der Waals surface area contributed by atoms with Gasteiger partial charge in [-0.15, -0.1) is 12.4 Å². The van der Waals surface area contributed by atoms with Gasteiger partial charge >= 0.3 is 0 Å². The van der Waals surface area contributed by atoms with E-state index in [2.05, 4.69) is 17.6 Å². The first-order valence-corrected chi connectivity index (χ1v) is 7.47. The highest BCUT2D eigenvalue weighted by molar-refractivity contribution is 7.92. The summed E-state index contributed by atoms with van der Waals surface area (Å²) in [5.41, 5.74) is 0.